The fourth-order valence-electron chi connectivity index (χ4n) is 2.53. The molecule has 6 heteroatoms. The van der Waals surface area contributed by atoms with Crippen LogP contribution in [-0.2, 0) is 4.74 Å². The fraction of sp³-hybridized carbons (Fsp3) is 0.632. The fourth-order valence-corrected chi connectivity index (χ4v) is 2.53. The van der Waals surface area contributed by atoms with Gasteiger partial charge in [0, 0.05) is 0 Å². The first-order valence-electron chi connectivity index (χ1n) is 8.92. The van der Waals surface area contributed by atoms with Gasteiger partial charge < -0.3 is 20.1 Å². The molecule has 0 atom stereocenters. The Labute approximate surface area is 161 Å². The number of rotatable bonds is 12. The van der Waals surface area contributed by atoms with Gasteiger partial charge in [0.2, 0.25) is 0 Å². The Kier molecular flexibility index (Phi) is 13.1. The van der Waals surface area contributed by atoms with Gasteiger partial charge in [-0.05, 0) is 6.42 Å². The summed E-state index contributed by atoms with van der Waals surface area (Å²) in [5, 5.41) is 33.4. The topological polar surface area (TPSA) is 95.5 Å². The van der Waals surface area contributed by atoms with E-state index in [0.29, 0.717) is 0 Å². The summed E-state index contributed by atoms with van der Waals surface area (Å²) in [6, 6.07) is 1.73. The second-order valence-corrected chi connectivity index (χ2v) is 6.12. The second-order valence-electron chi connectivity index (χ2n) is 6.12. The molecule has 1 aromatic rings. The van der Waals surface area contributed by atoms with E-state index in [-0.39, 0.29) is 29.5 Å². The molecule has 0 fully saturated rings. The Bertz CT molecular complexity index is 482. The van der Waals surface area contributed by atoms with Gasteiger partial charge in [0.1, 0.15) is 0 Å². The van der Waals surface area contributed by atoms with Crippen LogP contribution in [0.25, 0.3) is 0 Å². The largest absolute Gasteiger partial charge is 3.00 e. The standard InChI is InChI=1S/C19H30O5.Al/c1-2-3-4-5-6-7-8-9-10-11-12-24-19(23)15-13-16(20)18(22)17(21)14-15;/h13-14,20-22H,2-12H2,1H3;/q;+3/p-3. The van der Waals surface area contributed by atoms with E-state index in [2.05, 4.69) is 6.92 Å². The number of unbranched alkanes of at least 4 members (excludes halogenated alkanes) is 9. The van der Waals surface area contributed by atoms with Gasteiger partial charge in [0.15, 0.2) is 0 Å². The number of ether oxygens (including phenoxy) is 1. The Morgan fingerprint density at radius 1 is 0.840 bits per heavy atom. The van der Waals surface area contributed by atoms with Crippen molar-refractivity contribution in [1.29, 1.82) is 0 Å². The molecular weight excluding hydrogens is 335 g/mol. The third kappa shape index (κ3) is 9.62. The van der Waals surface area contributed by atoms with Crippen LogP contribution in [-0.4, -0.2) is 29.9 Å². The monoisotopic (exact) mass is 362 g/mol. The molecule has 0 aliphatic heterocycles. The summed E-state index contributed by atoms with van der Waals surface area (Å²) in [5.41, 5.74) is -0.142. The van der Waals surface area contributed by atoms with E-state index < -0.39 is 23.2 Å². The number of hydrogen-bond donors (Lipinski definition) is 0. The SMILES string of the molecule is CCCCCCCCCCCCOC(=O)c1cc([O-])c([O-])c([O-])c1.[Al+3]. The van der Waals surface area contributed by atoms with Crippen LogP contribution in [0.3, 0.4) is 0 Å². The molecule has 0 saturated carbocycles. The molecular formula is C19H27AlO5. The van der Waals surface area contributed by atoms with Gasteiger partial charge in [-0.25, -0.2) is 4.79 Å². The first kappa shape index (κ1) is 23.6. The summed E-state index contributed by atoms with van der Waals surface area (Å²) in [5.74, 6) is -3.76. The molecule has 0 aromatic heterocycles. The summed E-state index contributed by atoms with van der Waals surface area (Å²) in [6.45, 7) is 2.47. The molecule has 136 valence electrons. The zero-order valence-electron chi connectivity index (χ0n) is 15.1. The maximum atomic E-state index is 11.7. The van der Waals surface area contributed by atoms with Crippen molar-refractivity contribution in [3.05, 3.63) is 17.7 Å². The van der Waals surface area contributed by atoms with Crippen molar-refractivity contribution in [3.63, 3.8) is 0 Å². The molecule has 5 nitrogen and oxygen atoms in total. The van der Waals surface area contributed by atoms with Gasteiger partial charge >= 0.3 is 23.3 Å². The molecule has 0 unspecified atom stereocenters. The van der Waals surface area contributed by atoms with Gasteiger partial charge in [-0.3, -0.25) is 0 Å². The zero-order chi connectivity index (χ0) is 17.8. The van der Waals surface area contributed by atoms with Gasteiger partial charge in [0.25, 0.3) is 0 Å². The van der Waals surface area contributed by atoms with Crippen LogP contribution in [0.2, 0.25) is 0 Å². The van der Waals surface area contributed by atoms with Crippen LogP contribution in [0.15, 0.2) is 12.1 Å². The van der Waals surface area contributed by atoms with E-state index in [1.54, 1.807) is 0 Å². The summed E-state index contributed by atoms with van der Waals surface area (Å²) >= 11 is 0. The normalized spacial score (nSPS) is 10.3. The Morgan fingerprint density at radius 3 is 1.76 bits per heavy atom. The van der Waals surface area contributed by atoms with E-state index in [1.807, 2.05) is 0 Å². The smallest absolute Gasteiger partial charge is 0.873 e. The number of carbonyl (C=O) groups excluding carboxylic acids is 1. The minimum absolute atomic E-state index is 0. The summed E-state index contributed by atoms with van der Waals surface area (Å²) in [6.07, 6.45) is 11.8. The predicted octanol–water partition coefficient (Wildman–Crippen LogP) is 2.60. The van der Waals surface area contributed by atoms with Gasteiger partial charge in [-0.2, -0.15) is 0 Å². The molecule has 0 radical (unpaired) electrons. The molecule has 0 aliphatic carbocycles. The van der Waals surface area contributed by atoms with E-state index in [4.69, 9.17) is 4.74 Å². The van der Waals surface area contributed by atoms with Crippen molar-refractivity contribution in [2.75, 3.05) is 6.61 Å². The van der Waals surface area contributed by atoms with E-state index in [1.165, 1.54) is 44.9 Å². The number of esters is 1. The van der Waals surface area contributed by atoms with Crippen LogP contribution < -0.4 is 15.3 Å². The minimum atomic E-state index is -1.11. The van der Waals surface area contributed by atoms with Crippen LogP contribution in [0.5, 0.6) is 17.2 Å². The maximum absolute atomic E-state index is 11.7. The molecule has 25 heavy (non-hydrogen) atoms. The zero-order valence-corrected chi connectivity index (χ0v) is 16.2. The van der Waals surface area contributed by atoms with E-state index in [9.17, 15) is 20.1 Å². The third-order valence-corrected chi connectivity index (χ3v) is 3.99. The maximum Gasteiger partial charge on any atom is 3.00 e. The molecule has 1 aromatic carbocycles. The second kappa shape index (κ2) is 13.9. The minimum Gasteiger partial charge on any atom is -0.873 e. The van der Waals surface area contributed by atoms with Gasteiger partial charge in [0.05, 0.1) is 12.2 Å². The van der Waals surface area contributed by atoms with Crippen molar-refractivity contribution in [1.82, 2.24) is 0 Å². The van der Waals surface area contributed by atoms with Crippen LogP contribution in [0.1, 0.15) is 81.5 Å². The Hall–Kier alpha value is -1.38. The Balaban J connectivity index is 0.00000576. The molecule has 0 spiro atoms. The molecule has 0 N–H and O–H groups in total. The van der Waals surface area contributed by atoms with Crippen molar-refractivity contribution in [2.45, 2.75) is 71.1 Å². The summed E-state index contributed by atoms with van der Waals surface area (Å²) in [4.78, 5) is 11.7. The molecule has 0 heterocycles. The Morgan fingerprint density at radius 2 is 1.28 bits per heavy atom. The number of benzene rings is 1. The van der Waals surface area contributed by atoms with Gasteiger partial charge in [-0.1, -0.05) is 76.8 Å². The van der Waals surface area contributed by atoms with Crippen molar-refractivity contribution < 1.29 is 24.9 Å². The predicted molar refractivity (Wildman–Crippen MR) is 92.7 cm³/mol. The summed E-state index contributed by atoms with van der Waals surface area (Å²) < 4.78 is 5.03. The molecule has 0 saturated heterocycles. The van der Waals surface area contributed by atoms with Crippen molar-refractivity contribution in [3.8, 4) is 17.2 Å². The quantitative estimate of drug-likeness (QED) is 0.323. The first-order valence-corrected chi connectivity index (χ1v) is 8.92. The van der Waals surface area contributed by atoms with Crippen molar-refractivity contribution in [2.24, 2.45) is 0 Å². The van der Waals surface area contributed by atoms with Gasteiger partial charge in [-0.15, -0.1) is 17.2 Å². The van der Waals surface area contributed by atoms with Crippen molar-refractivity contribution >= 4 is 23.3 Å². The van der Waals surface area contributed by atoms with Crippen LogP contribution in [0, 0.1) is 0 Å². The number of hydrogen-bond acceptors (Lipinski definition) is 5. The van der Waals surface area contributed by atoms with E-state index in [0.717, 1.165) is 31.4 Å². The average Bonchev–Trinajstić information content (AvgIpc) is 2.56. The first-order chi connectivity index (χ1) is 11.6. The summed E-state index contributed by atoms with van der Waals surface area (Å²) in [7, 11) is 0. The number of carbonyl (C=O) groups is 1. The molecule has 0 bridgehead atoms. The van der Waals surface area contributed by atoms with Crippen LogP contribution in [0.4, 0.5) is 0 Å². The molecule has 0 aliphatic rings. The average molecular weight is 362 g/mol. The van der Waals surface area contributed by atoms with E-state index >= 15 is 0 Å². The molecule has 0 amide bonds. The third-order valence-electron chi connectivity index (χ3n) is 3.99. The molecule has 1 rings (SSSR count). The van der Waals surface area contributed by atoms with Crippen LogP contribution >= 0.6 is 0 Å².